The predicted octanol–water partition coefficient (Wildman–Crippen LogP) is -10.4. The van der Waals surface area contributed by atoms with Crippen LogP contribution in [0.3, 0.4) is 0 Å². The van der Waals surface area contributed by atoms with Crippen molar-refractivity contribution in [2.75, 3.05) is 37.6 Å². The molecule has 4 aromatic carbocycles. The van der Waals surface area contributed by atoms with Gasteiger partial charge in [0.1, 0.15) is 43.0 Å². The topological polar surface area (TPSA) is 420 Å². The van der Waals surface area contributed by atoms with Gasteiger partial charge in [-0.15, -0.1) is 15.3 Å². The van der Waals surface area contributed by atoms with Crippen LogP contribution in [0, 0.1) is 6.92 Å². The second-order valence-corrected chi connectivity index (χ2v) is 20.5. The summed E-state index contributed by atoms with van der Waals surface area (Å²) in [5, 5.41) is 24.9. The van der Waals surface area contributed by atoms with E-state index in [1.54, 1.807) is 0 Å². The number of fused-ring (bicyclic) bond motifs is 1. The second kappa shape index (κ2) is 24.0. The average Bonchev–Trinajstić information content (AvgIpc) is 3.08. The fourth-order valence-electron chi connectivity index (χ4n) is 4.97. The van der Waals surface area contributed by atoms with E-state index in [4.69, 9.17) is 10.5 Å². The summed E-state index contributed by atoms with van der Waals surface area (Å²) < 4.78 is 201. The Morgan fingerprint density at radius 3 is 1.54 bits per heavy atom. The monoisotopic (exact) mass is 1030 g/mol. The van der Waals surface area contributed by atoms with E-state index in [1.165, 1.54) is 6.92 Å². The van der Waals surface area contributed by atoms with Crippen LogP contribution >= 0.6 is 0 Å². The molecule has 0 amide bonds. The molecule has 0 aromatic heterocycles. The van der Waals surface area contributed by atoms with Crippen molar-refractivity contribution in [2.24, 2.45) is 20.5 Å². The van der Waals surface area contributed by atoms with Crippen LogP contribution < -0.4 is 129 Å². The van der Waals surface area contributed by atoms with Gasteiger partial charge < -0.3 is 33.8 Å². The average molecular weight is 1040 g/mol. The number of azo groups is 2. The van der Waals surface area contributed by atoms with E-state index in [2.05, 4.69) is 28.8 Å². The van der Waals surface area contributed by atoms with Crippen molar-refractivity contribution in [3.8, 4) is 11.5 Å². The Labute approximate surface area is 449 Å². The maximum absolute atomic E-state index is 12.8. The summed E-state index contributed by atoms with van der Waals surface area (Å²) in [4.78, 5) is -3.38. The maximum atomic E-state index is 12.8. The van der Waals surface area contributed by atoms with Crippen molar-refractivity contribution in [1.82, 2.24) is 0 Å². The van der Waals surface area contributed by atoms with E-state index in [0.29, 0.717) is 12.1 Å². The molecule has 0 aliphatic rings. The summed E-state index contributed by atoms with van der Waals surface area (Å²) in [6.07, 6.45) is 0. The Balaban J connectivity index is 0.00000961. The summed E-state index contributed by atoms with van der Waals surface area (Å²) in [6, 6.07) is 6.95. The molecular formula is C28H25N5Na4O20S6. The summed E-state index contributed by atoms with van der Waals surface area (Å²) in [6.45, 7) is -0.771. The number of rotatable bonds is 17. The Morgan fingerprint density at radius 1 is 0.619 bits per heavy atom. The van der Waals surface area contributed by atoms with Gasteiger partial charge in [-0.05, 0) is 60.3 Å². The van der Waals surface area contributed by atoms with Crippen LogP contribution in [0.4, 0.5) is 28.4 Å². The van der Waals surface area contributed by atoms with Gasteiger partial charge in [0.15, 0.2) is 25.4 Å². The molecule has 35 heteroatoms. The Hall–Kier alpha value is -0.800. The number of phenolic OH excluding ortho intramolecular Hbond substituents is 1. The van der Waals surface area contributed by atoms with Crippen LogP contribution in [-0.2, 0) is 69.1 Å². The van der Waals surface area contributed by atoms with Crippen molar-refractivity contribution in [3.05, 3.63) is 54.1 Å². The molecular weight excluding hydrogens is 1010 g/mol. The predicted molar refractivity (Wildman–Crippen MR) is 194 cm³/mol. The van der Waals surface area contributed by atoms with Gasteiger partial charge in [0.05, 0.1) is 68.2 Å². The van der Waals surface area contributed by atoms with Gasteiger partial charge in [-0.1, -0.05) is 0 Å². The molecule has 0 spiro atoms. The molecule has 3 N–H and O–H groups in total. The smallest absolute Gasteiger partial charge is 0.744 e. The summed E-state index contributed by atoms with van der Waals surface area (Å²) in [5.74, 6) is -3.47. The van der Waals surface area contributed by atoms with Gasteiger partial charge in [0.25, 0.3) is 0 Å². The summed E-state index contributed by atoms with van der Waals surface area (Å²) in [7, 11) is -29.0. The number of methoxy groups -OCH3 is 1. The van der Waals surface area contributed by atoms with Gasteiger partial charge in [-0.3, -0.25) is 8.37 Å². The van der Waals surface area contributed by atoms with Crippen molar-refractivity contribution < 1.29 is 205 Å². The standard InChI is InChI=1S/C28H29N5O20S6.4Na/c1-15-11-19(20(51-2)14-21(15)55(37,38)10-8-53-59(48,49)50)31-33-27-23(57(42,43)44)13-16-12-22(56(39,40)41)26(25(29)24(16)28(27)34)32-30-17-3-5-18(6-4-17)54(35,36)9-7-52-58(45,46)47;;;;/h3-6,11-14,34H,7-10,29H2,1-2H3,(H,39,40,41)(H,42,43,44)(H,45,46,47)(H,48,49,50);;;;/q;4*+1/p-4. The molecule has 4 rings (SSSR count). The number of benzene rings is 4. The van der Waals surface area contributed by atoms with Gasteiger partial charge in [-0.2, -0.15) is 5.11 Å². The molecule has 0 aliphatic carbocycles. The molecule has 25 nitrogen and oxygen atoms in total. The van der Waals surface area contributed by atoms with E-state index in [1.807, 2.05) is 0 Å². The molecule has 0 heterocycles. The van der Waals surface area contributed by atoms with Crippen LogP contribution in [0.5, 0.6) is 11.5 Å². The van der Waals surface area contributed by atoms with E-state index < -0.39 is 139 Å². The number of aromatic hydroxyl groups is 1. The van der Waals surface area contributed by atoms with Gasteiger partial charge in [0, 0.05) is 6.07 Å². The third kappa shape index (κ3) is 16.7. The number of nitrogens with two attached hydrogens (primary N) is 1. The normalized spacial score (nSPS) is 12.6. The zero-order valence-electron chi connectivity index (χ0n) is 33.5. The summed E-state index contributed by atoms with van der Waals surface area (Å²) in [5.41, 5.74) is 2.67. The Bertz CT molecular complexity index is 3100. The van der Waals surface area contributed by atoms with E-state index in [9.17, 15) is 73.8 Å². The SMILES string of the molecule is COc1cc(S(=O)(=O)CCOS(=O)(=O)[O-])c(C)cc1N=Nc1c(S(=O)(=O)[O-])cc2cc(S(=O)(=O)[O-])c(N=Nc3ccc(S(=O)(=O)CCOS(=O)(=O)[O-])cc3)c(N)c2c1O.[Na+].[Na+].[Na+].[Na+]. The number of hydrogen-bond donors (Lipinski definition) is 2. The Morgan fingerprint density at radius 2 is 1.08 bits per heavy atom. The van der Waals surface area contributed by atoms with Crippen LogP contribution in [0.2, 0.25) is 0 Å². The Kier molecular flexibility index (Phi) is 23.7. The molecule has 0 radical (unpaired) electrons. The molecule has 0 fully saturated rings. The minimum absolute atomic E-state index is 0. The number of sulfone groups is 2. The number of ether oxygens (including phenoxy) is 1. The first-order valence-corrected chi connectivity index (χ1v) is 24.1. The van der Waals surface area contributed by atoms with Gasteiger partial charge in [0.2, 0.25) is 20.8 Å². The third-order valence-corrected chi connectivity index (χ3v) is 13.7. The van der Waals surface area contributed by atoms with E-state index >= 15 is 0 Å². The largest absolute Gasteiger partial charge is 1.00 e. The fraction of sp³-hybridized carbons (Fsp3) is 0.214. The van der Waals surface area contributed by atoms with Gasteiger partial charge in [-0.25, -0.2) is 50.5 Å². The van der Waals surface area contributed by atoms with Crippen molar-refractivity contribution >= 4 is 99.9 Å². The molecule has 0 aliphatic heterocycles. The molecule has 0 saturated heterocycles. The minimum Gasteiger partial charge on any atom is -0.744 e. The molecule has 0 atom stereocenters. The number of anilines is 1. The molecule has 0 bridgehead atoms. The molecule has 0 saturated carbocycles. The zero-order valence-corrected chi connectivity index (χ0v) is 46.4. The van der Waals surface area contributed by atoms with E-state index in [0.717, 1.165) is 43.5 Å². The van der Waals surface area contributed by atoms with Crippen LogP contribution in [-0.4, -0.2) is 106 Å². The first-order valence-electron chi connectivity index (χ1n) is 15.3. The minimum atomic E-state index is -5.62. The molecule has 322 valence electrons. The molecule has 0 unspecified atom stereocenters. The van der Waals surface area contributed by atoms with Crippen molar-refractivity contribution in [1.29, 1.82) is 0 Å². The van der Waals surface area contributed by atoms with Crippen LogP contribution in [0.1, 0.15) is 5.56 Å². The maximum Gasteiger partial charge on any atom is 1.00 e. The second-order valence-electron chi connectivity index (χ2n) is 11.5. The quantitative estimate of drug-likeness (QED) is 0.0326. The molecule has 63 heavy (non-hydrogen) atoms. The van der Waals surface area contributed by atoms with Crippen LogP contribution in [0.25, 0.3) is 10.8 Å². The van der Waals surface area contributed by atoms with Crippen molar-refractivity contribution in [2.45, 2.75) is 26.5 Å². The number of phenols is 1. The first kappa shape index (κ1) is 62.2. The van der Waals surface area contributed by atoms with Crippen molar-refractivity contribution in [3.63, 3.8) is 0 Å². The number of nitrogen functional groups attached to an aromatic ring is 1. The number of aryl methyl sites for hydroxylation is 1. The molecule has 4 aromatic rings. The zero-order chi connectivity index (χ0) is 44.5. The number of nitrogens with zero attached hydrogens (tertiary/aromatic N) is 4. The number of hydrogen-bond acceptors (Lipinski definition) is 25. The third-order valence-electron chi connectivity index (χ3n) is 7.54. The van der Waals surface area contributed by atoms with Gasteiger partial charge >= 0.3 is 118 Å². The van der Waals surface area contributed by atoms with Crippen LogP contribution in [0.15, 0.2) is 88.6 Å². The fourth-order valence-corrected chi connectivity index (χ4v) is 9.51. The van der Waals surface area contributed by atoms with E-state index in [-0.39, 0.29) is 141 Å². The summed E-state index contributed by atoms with van der Waals surface area (Å²) >= 11 is 0. The first-order chi connectivity index (χ1) is 26.9.